The Morgan fingerprint density at radius 3 is 2.43 bits per heavy atom. The fourth-order valence-electron chi connectivity index (χ4n) is 3.96. The van der Waals surface area contributed by atoms with Crippen molar-refractivity contribution in [2.75, 3.05) is 0 Å². The number of hydrogen-bond donors (Lipinski definition) is 1. The third-order valence-corrected chi connectivity index (χ3v) is 4.70. The number of rotatable bonds is 5. The lowest BCUT2D eigenvalue weighted by Crippen LogP contribution is -2.50. The first-order valence-corrected chi connectivity index (χ1v) is 9.56. The minimum absolute atomic E-state index is 0.0432. The molecule has 1 heterocycles. The zero-order chi connectivity index (χ0) is 20.4. The zero-order valence-corrected chi connectivity index (χ0v) is 16.9. The van der Waals surface area contributed by atoms with Crippen LogP contribution in [0.25, 0.3) is 10.9 Å². The van der Waals surface area contributed by atoms with Crippen molar-refractivity contribution in [1.82, 2.24) is 10.3 Å². The van der Waals surface area contributed by atoms with Crippen LogP contribution in [-0.2, 0) is 6.42 Å². The monoisotopic (exact) mass is 378 g/mol. The molecule has 1 amide bonds. The first-order valence-electron chi connectivity index (χ1n) is 9.56. The molecule has 1 N–H and O–H groups in total. The fraction of sp³-hybridized carbons (Fsp3) is 0.333. The molecule has 3 aromatic rings. The van der Waals surface area contributed by atoms with Gasteiger partial charge in [0.1, 0.15) is 11.3 Å². The highest BCUT2D eigenvalue weighted by Gasteiger charge is 2.32. The van der Waals surface area contributed by atoms with Crippen LogP contribution in [0.2, 0.25) is 0 Å². The Labute approximate surface area is 166 Å². The number of pyridine rings is 1. The van der Waals surface area contributed by atoms with E-state index in [-0.39, 0.29) is 22.7 Å². The maximum absolute atomic E-state index is 13.9. The molecule has 3 rings (SSSR count). The molecule has 0 bridgehead atoms. The number of amides is 1. The molecule has 0 unspecified atom stereocenters. The number of benzene rings is 2. The van der Waals surface area contributed by atoms with Crippen LogP contribution in [0.4, 0.5) is 4.39 Å². The van der Waals surface area contributed by atoms with Crippen LogP contribution in [0.3, 0.4) is 0 Å². The molecule has 0 saturated carbocycles. The van der Waals surface area contributed by atoms with Crippen molar-refractivity contribution in [2.45, 2.75) is 46.1 Å². The van der Waals surface area contributed by atoms with Crippen molar-refractivity contribution >= 4 is 16.8 Å². The van der Waals surface area contributed by atoms with Gasteiger partial charge in [-0.1, -0.05) is 63.2 Å². The third-order valence-electron chi connectivity index (χ3n) is 4.70. The minimum atomic E-state index is -0.423. The Morgan fingerprint density at radius 2 is 1.75 bits per heavy atom. The lowest BCUT2D eigenvalue weighted by Gasteiger charge is -2.37. The van der Waals surface area contributed by atoms with E-state index in [4.69, 9.17) is 0 Å². The van der Waals surface area contributed by atoms with Crippen molar-refractivity contribution in [3.63, 3.8) is 0 Å². The van der Waals surface area contributed by atoms with Crippen LogP contribution >= 0.6 is 0 Å². The van der Waals surface area contributed by atoms with E-state index in [0.717, 1.165) is 12.8 Å². The summed E-state index contributed by atoms with van der Waals surface area (Å²) >= 11 is 0. The van der Waals surface area contributed by atoms with Gasteiger partial charge in [0.15, 0.2) is 0 Å². The van der Waals surface area contributed by atoms with Crippen molar-refractivity contribution in [2.24, 2.45) is 5.41 Å². The summed E-state index contributed by atoms with van der Waals surface area (Å²) in [7, 11) is 0. The lowest BCUT2D eigenvalue weighted by atomic mass is 9.77. The Bertz CT molecular complexity index is 979. The van der Waals surface area contributed by atoms with Gasteiger partial charge >= 0.3 is 0 Å². The molecule has 0 radical (unpaired) electrons. The summed E-state index contributed by atoms with van der Waals surface area (Å²) in [6.45, 7) is 8.59. The van der Waals surface area contributed by atoms with E-state index in [0.29, 0.717) is 10.9 Å². The van der Waals surface area contributed by atoms with Crippen LogP contribution in [0, 0.1) is 11.2 Å². The molecule has 146 valence electrons. The SMILES string of the molecule is CC(C)(C)C[C@@](C)(Cc1ccccc1)NC(=O)c1cnc2c(F)cccc2c1. The molecule has 28 heavy (non-hydrogen) atoms. The second kappa shape index (κ2) is 7.70. The van der Waals surface area contributed by atoms with Gasteiger partial charge in [0, 0.05) is 17.1 Å². The van der Waals surface area contributed by atoms with Gasteiger partial charge in [0.2, 0.25) is 0 Å². The number of aromatic nitrogens is 1. The van der Waals surface area contributed by atoms with Crippen molar-refractivity contribution in [1.29, 1.82) is 0 Å². The molecule has 0 aliphatic carbocycles. The van der Waals surface area contributed by atoms with Gasteiger partial charge in [-0.05, 0) is 42.9 Å². The molecule has 0 saturated heterocycles. The Kier molecular flexibility index (Phi) is 5.50. The number of carbonyl (C=O) groups excluding carboxylic acids is 1. The van der Waals surface area contributed by atoms with Crippen molar-refractivity contribution < 1.29 is 9.18 Å². The van der Waals surface area contributed by atoms with Crippen molar-refractivity contribution in [3.8, 4) is 0 Å². The van der Waals surface area contributed by atoms with Gasteiger partial charge < -0.3 is 5.32 Å². The third kappa shape index (κ3) is 4.94. The van der Waals surface area contributed by atoms with Crippen LogP contribution < -0.4 is 5.32 Å². The summed E-state index contributed by atoms with van der Waals surface area (Å²) in [4.78, 5) is 17.2. The van der Waals surface area contributed by atoms with Crippen LogP contribution in [0.1, 0.15) is 50.0 Å². The van der Waals surface area contributed by atoms with Gasteiger partial charge in [-0.2, -0.15) is 0 Å². The largest absolute Gasteiger partial charge is 0.346 e. The molecule has 0 fully saturated rings. The predicted molar refractivity (Wildman–Crippen MR) is 112 cm³/mol. The topological polar surface area (TPSA) is 42.0 Å². The number of halogens is 1. The average Bonchev–Trinajstić information content (AvgIpc) is 2.60. The molecular weight excluding hydrogens is 351 g/mol. The first-order chi connectivity index (χ1) is 13.2. The molecule has 3 nitrogen and oxygen atoms in total. The summed E-state index contributed by atoms with van der Waals surface area (Å²) in [6.07, 6.45) is 2.99. The number of para-hydroxylation sites is 1. The van der Waals surface area contributed by atoms with E-state index in [1.165, 1.54) is 17.8 Å². The first kappa shape index (κ1) is 20.0. The number of hydrogen-bond acceptors (Lipinski definition) is 2. The normalized spacial score (nSPS) is 13.9. The quantitative estimate of drug-likeness (QED) is 0.633. The fourth-order valence-corrected chi connectivity index (χ4v) is 3.96. The van der Waals surface area contributed by atoms with E-state index in [1.807, 2.05) is 18.2 Å². The van der Waals surface area contributed by atoms with E-state index < -0.39 is 5.54 Å². The molecule has 1 atom stereocenters. The average molecular weight is 378 g/mol. The maximum atomic E-state index is 13.9. The summed E-state index contributed by atoms with van der Waals surface area (Å²) in [5, 5.41) is 3.84. The van der Waals surface area contributed by atoms with Gasteiger partial charge in [0.05, 0.1) is 5.56 Å². The minimum Gasteiger partial charge on any atom is -0.346 e. The number of carbonyl (C=O) groups is 1. The second-order valence-corrected chi connectivity index (χ2v) is 8.95. The predicted octanol–water partition coefficient (Wildman–Crippen LogP) is 5.54. The lowest BCUT2D eigenvalue weighted by molar-refractivity contribution is 0.0879. The second-order valence-electron chi connectivity index (χ2n) is 8.95. The summed E-state index contributed by atoms with van der Waals surface area (Å²) in [5.41, 5.74) is 1.51. The summed E-state index contributed by atoms with van der Waals surface area (Å²) < 4.78 is 13.9. The van der Waals surface area contributed by atoms with Crippen molar-refractivity contribution in [3.05, 3.63) is 77.7 Å². The van der Waals surface area contributed by atoms with E-state index in [2.05, 4.69) is 50.1 Å². The van der Waals surface area contributed by atoms with Gasteiger partial charge in [-0.3, -0.25) is 9.78 Å². The van der Waals surface area contributed by atoms with Crippen LogP contribution in [0.5, 0.6) is 0 Å². The molecule has 0 aliphatic rings. The highest BCUT2D eigenvalue weighted by molar-refractivity contribution is 5.97. The zero-order valence-electron chi connectivity index (χ0n) is 16.9. The molecular formula is C24H27FN2O. The molecule has 2 aromatic carbocycles. The Hall–Kier alpha value is -2.75. The highest BCUT2D eigenvalue weighted by atomic mass is 19.1. The highest BCUT2D eigenvalue weighted by Crippen LogP contribution is 2.30. The summed E-state index contributed by atoms with van der Waals surface area (Å²) in [5.74, 6) is -0.576. The van der Waals surface area contributed by atoms with E-state index in [9.17, 15) is 9.18 Å². The molecule has 4 heteroatoms. The maximum Gasteiger partial charge on any atom is 0.253 e. The standard InChI is InChI=1S/C24H27FN2O/c1-23(2,3)16-24(4,14-17-9-6-5-7-10-17)27-22(28)19-13-18-11-8-12-20(25)21(18)26-15-19/h5-13,15H,14,16H2,1-4H3,(H,27,28)/t24-/m1/s1. The van der Waals surface area contributed by atoms with Gasteiger partial charge in [0.25, 0.3) is 5.91 Å². The van der Waals surface area contributed by atoms with Gasteiger partial charge in [-0.25, -0.2) is 4.39 Å². The molecule has 0 aliphatic heterocycles. The van der Waals surface area contributed by atoms with E-state index >= 15 is 0 Å². The number of fused-ring (bicyclic) bond motifs is 1. The Morgan fingerprint density at radius 1 is 1.04 bits per heavy atom. The molecule has 1 aromatic heterocycles. The van der Waals surface area contributed by atoms with Crippen LogP contribution in [0.15, 0.2) is 60.8 Å². The van der Waals surface area contributed by atoms with Gasteiger partial charge in [-0.15, -0.1) is 0 Å². The number of nitrogens with zero attached hydrogens (tertiary/aromatic N) is 1. The summed E-state index contributed by atoms with van der Waals surface area (Å²) in [6, 6.07) is 16.6. The van der Waals surface area contributed by atoms with E-state index in [1.54, 1.807) is 18.2 Å². The Balaban J connectivity index is 1.88. The number of nitrogens with one attached hydrogen (secondary N) is 1. The van der Waals surface area contributed by atoms with Crippen LogP contribution in [-0.4, -0.2) is 16.4 Å². The molecule has 0 spiro atoms. The smallest absolute Gasteiger partial charge is 0.253 e.